The molecule has 1 heterocycles. The first kappa shape index (κ1) is 23.8. The highest BCUT2D eigenvalue weighted by Gasteiger charge is 2.24. The molecule has 0 aliphatic carbocycles. The van der Waals surface area contributed by atoms with Gasteiger partial charge in [0.1, 0.15) is 0 Å². The van der Waals surface area contributed by atoms with E-state index in [9.17, 15) is 18.3 Å². The van der Waals surface area contributed by atoms with Crippen molar-refractivity contribution in [3.05, 3.63) is 89.0 Å². The molecular weight excluding hydrogens is 448 g/mol. The number of rotatable bonds is 7. The van der Waals surface area contributed by atoms with Crippen molar-refractivity contribution in [2.24, 2.45) is 5.92 Å². The lowest BCUT2D eigenvalue weighted by Gasteiger charge is -2.34. The number of nitrogens with zero attached hydrogens (tertiary/aromatic N) is 1. The second-order valence-corrected chi connectivity index (χ2v) is 10.7. The second kappa shape index (κ2) is 9.89. The van der Waals surface area contributed by atoms with E-state index in [1.807, 2.05) is 13.0 Å². The van der Waals surface area contributed by atoms with Gasteiger partial charge >= 0.3 is 5.97 Å². The fourth-order valence-corrected chi connectivity index (χ4v) is 5.95. The SMILES string of the molecule is Cc1ccc(S(=O)(=O)Nc2ccc(N3CCC(Cc4ccccc4)CC3)cc2C(=O)O)c(C)c1. The molecule has 7 heteroatoms. The lowest BCUT2D eigenvalue weighted by molar-refractivity contribution is 0.0698. The molecule has 0 atom stereocenters. The fourth-order valence-electron chi connectivity index (χ4n) is 4.64. The van der Waals surface area contributed by atoms with Crippen LogP contribution in [-0.2, 0) is 16.4 Å². The van der Waals surface area contributed by atoms with Crippen LogP contribution in [-0.4, -0.2) is 32.6 Å². The summed E-state index contributed by atoms with van der Waals surface area (Å²) in [5.74, 6) is -0.569. The minimum atomic E-state index is -3.92. The van der Waals surface area contributed by atoms with Gasteiger partial charge in [0.05, 0.1) is 16.1 Å². The molecule has 0 amide bonds. The molecule has 178 valence electrons. The number of anilines is 2. The van der Waals surface area contributed by atoms with Crippen LogP contribution in [0.5, 0.6) is 0 Å². The summed E-state index contributed by atoms with van der Waals surface area (Å²) in [5.41, 5.74) is 3.71. The number of carboxylic acids is 1. The predicted octanol–water partition coefficient (Wildman–Crippen LogP) is 5.26. The van der Waals surface area contributed by atoms with Crippen LogP contribution >= 0.6 is 0 Å². The Labute approximate surface area is 201 Å². The van der Waals surface area contributed by atoms with Crippen LogP contribution in [0.2, 0.25) is 0 Å². The van der Waals surface area contributed by atoms with Gasteiger partial charge in [-0.05, 0) is 74.4 Å². The van der Waals surface area contributed by atoms with Gasteiger partial charge < -0.3 is 10.0 Å². The van der Waals surface area contributed by atoms with Crippen molar-refractivity contribution in [1.29, 1.82) is 0 Å². The normalized spacial score (nSPS) is 14.7. The summed E-state index contributed by atoms with van der Waals surface area (Å²) < 4.78 is 28.4. The van der Waals surface area contributed by atoms with Crippen LogP contribution in [0.25, 0.3) is 0 Å². The summed E-state index contributed by atoms with van der Waals surface area (Å²) >= 11 is 0. The summed E-state index contributed by atoms with van der Waals surface area (Å²) in [7, 11) is -3.92. The largest absolute Gasteiger partial charge is 0.478 e. The van der Waals surface area contributed by atoms with Gasteiger partial charge in [0.2, 0.25) is 0 Å². The Hall–Kier alpha value is -3.32. The monoisotopic (exact) mass is 478 g/mol. The summed E-state index contributed by atoms with van der Waals surface area (Å²) in [6, 6.07) is 20.4. The predicted molar refractivity (Wildman–Crippen MR) is 135 cm³/mol. The highest BCUT2D eigenvalue weighted by Crippen LogP contribution is 2.30. The number of carboxylic acid groups (broad SMARTS) is 1. The molecule has 0 spiro atoms. The minimum Gasteiger partial charge on any atom is -0.478 e. The van der Waals surface area contributed by atoms with Gasteiger partial charge in [0, 0.05) is 18.8 Å². The molecule has 34 heavy (non-hydrogen) atoms. The molecule has 2 N–H and O–H groups in total. The van der Waals surface area contributed by atoms with Crippen molar-refractivity contribution in [3.63, 3.8) is 0 Å². The molecule has 0 radical (unpaired) electrons. The van der Waals surface area contributed by atoms with Crippen molar-refractivity contribution in [2.75, 3.05) is 22.7 Å². The van der Waals surface area contributed by atoms with Crippen LogP contribution in [0.3, 0.4) is 0 Å². The van der Waals surface area contributed by atoms with E-state index in [1.54, 1.807) is 43.3 Å². The summed E-state index contributed by atoms with van der Waals surface area (Å²) in [5, 5.41) is 9.80. The van der Waals surface area contributed by atoms with Crippen molar-refractivity contribution in [2.45, 2.75) is 38.0 Å². The third-order valence-corrected chi connectivity index (χ3v) is 7.97. The highest BCUT2D eigenvalue weighted by molar-refractivity contribution is 7.92. The Kier molecular flexibility index (Phi) is 6.93. The number of aryl methyl sites for hydroxylation is 2. The molecule has 1 aliphatic rings. The smallest absolute Gasteiger partial charge is 0.337 e. The first-order chi connectivity index (χ1) is 16.2. The molecule has 0 unspecified atom stereocenters. The molecule has 0 bridgehead atoms. The quantitative estimate of drug-likeness (QED) is 0.484. The van der Waals surface area contributed by atoms with Crippen LogP contribution in [0.15, 0.2) is 71.6 Å². The van der Waals surface area contributed by atoms with E-state index in [-0.39, 0.29) is 16.1 Å². The van der Waals surface area contributed by atoms with Crippen molar-refractivity contribution < 1.29 is 18.3 Å². The maximum atomic E-state index is 13.0. The summed E-state index contributed by atoms with van der Waals surface area (Å²) in [6.07, 6.45) is 3.10. The van der Waals surface area contributed by atoms with Crippen LogP contribution in [0.4, 0.5) is 11.4 Å². The number of aromatic carboxylic acids is 1. The Balaban J connectivity index is 1.49. The topological polar surface area (TPSA) is 86.7 Å². The number of sulfonamides is 1. The average molecular weight is 479 g/mol. The third-order valence-electron chi connectivity index (χ3n) is 6.44. The van der Waals surface area contributed by atoms with Gasteiger partial charge in [-0.15, -0.1) is 0 Å². The van der Waals surface area contributed by atoms with E-state index in [1.165, 1.54) is 5.56 Å². The van der Waals surface area contributed by atoms with Crippen molar-refractivity contribution in [3.8, 4) is 0 Å². The number of benzene rings is 3. The summed E-state index contributed by atoms with van der Waals surface area (Å²) in [6.45, 7) is 5.29. The number of hydrogen-bond acceptors (Lipinski definition) is 4. The second-order valence-electron chi connectivity index (χ2n) is 9.03. The molecule has 1 fully saturated rings. The van der Waals surface area contributed by atoms with Gasteiger partial charge in [0.15, 0.2) is 0 Å². The van der Waals surface area contributed by atoms with Gasteiger partial charge in [-0.3, -0.25) is 4.72 Å². The Bertz CT molecular complexity index is 1280. The maximum Gasteiger partial charge on any atom is 0.337 e. The molecule has 4 rings (SSSR count). The zero-order valence-electron chi connectivity index (χ0n) is 19.5. The van der Waals surface area contributed by atoms with Crippen molar-refractivity contribution >= 4 is 27.4 Å². The highest BCUT2D eigenvalue weighted by atomic mass is 32.2. The molecule has 0 saturated carbocycles. The van der Waals surface area contributed by atoms with Gasteiger partial charge in [-0.2, -0.15) is 0 Å². The standard InChI is InChI=1S/C27H30N2O4S/c1-19-8-11-26(20(2)16-19)34(32,33)28-25-10-9-23(18-24(25)27(30)31)29-14-12-22(13-15-29)17-21-6-4-3-5-7-21/h3-11,16,18,22,28H,12-15,17H2,1-2H3,(H,30,31). The lowest BCUT2D eigenvalue weighted by Crippen LogP contribution is -2.34. The molecular formula is C27H30N2O4S. The molecule has 3 aromatic carbocycles. The number of nitrogens with one attached hydrogen (secondary N) is 1. The van der Waals surface area contributed by atoms with Gasteiger partial charge in [-0.1, -0.05) is 48.0 Å². The fraction of sp³-hybridized carbons (Fsp3) is 0.296. The van der Waals surface area contributed by atoms with Crippen molar-refractivity contribution in [1.82, 2.24) is 0 Å². The zero-order valence-corrected chi connectivity index (χ0v) is 20.3. The van der Waals surface area contributed by atoms with Crippen LogP contribution in [0.1, 0.15) is 39.9 Å². The van der Waals surface area contributed by atoms with Gasteiger partial charge in [-0.25, -0.2) is 13.2 Å². The molecule has 6 nitrogen and oxygen atoms in total. The Morgan fingerprint density at radius 1 is 1.00 bits per heavy atom. The van der Waals surface area contributed by atoms with Gasteiger partial charge in [0.25, 0.3) is 10.0 Å². The molecule has 0 aromatic heterocycles. The van der Waals surface area contributed by atoms with E-state index < -0.39 is 16.0 Å². The van der Waals surface area contributed by atoms with Crippen LogP contribution in [0, 0.1) is 19.8 Å². The summed E-state index contributed by atoms with van der Waals surface area (Å²) in [4.78, 5) is 14.3. The minimum absolute atomic E-state index is 0.0581. The lowest BCUT2D eigenvalue weighted by atomic mass is 9.90. The molecule has 1 saturated heterocycles. The van der Waals surface area contributed by atoms with Crippen LogP contribution < -0.4 is 9.62 Å². The maximum absolute atomic E-state index is 13.0. The molecule has 3 aromatic rings. The number of carbonyl (C=O) groups is 1. The first-order valence-electron chi connectivity index (χ1n) is 11.5. The number of piperidine rings is 1. The van der Waals surface area contributed by atoms with E-state index in [0.717, 1.165) is 43.6 Å². The first-order valence-corrected chi connectivity index (χ1v) is 13.0. The average Bonchev–Trinajstić information content (AvgIpc) is 2.80. The van der Waals surface area contributed by atoms with E-state index >= 15 is 0 Å². The van der Waals surface area contributed by atoms with E-state index in [2.05, 4.69) is 33.9 Å². The van der Waals surface area contributed by atoms with E-state index in [4.69, 9.17) is 0 Å². The number of hydrogen-bond donors (Lipinski definition) is 2. The molecule has 1 aliphatic heterocycles. The van der Waals surface area contributed by atoms with E-state index in [0.29, 0.717) is 11.5 Å². The third kappa shape index (κ3) is 5.42. The zero-order chi connectivity index (χ0) is 24.3. The Morgan fingerprint density at radius 3 is 2.35 bits per heavy atom. The Morgan fingerprint density at radius 2 is 1.71 bits per heavy atom.